The van der Waals surface area contributed by atoms with Crippen LogP contribution in [0.3, 0.4) is 0 Å². The van der Waals surface area contributed by atoms with Gasteiger partial charge in [-0.25, -0.2) is 0 Å². The third-order valence-electron chi connectivity index (χ3n) is 2.63. The van der Waals surface area contributed by atoms with E-state index in [1.165, 1.54) is 9.93 Å². The Hall–Kier alpha value is -0.380. The summed E-state index contributed by atoms with van der Waals surface area (Å²) >= 11 is 11.7. The number of nitrogens with zero attached hydrogens (tertiary/aromatic N) is 1. The minimum atomic E-state index is 0.348. The predicted octanol–water partition coefficient (Wildman–Crippen LogP) is 4.61. The quantitative estimate of drug-likeness (QED) is 0.633. The maximum Gasteiger partial charge on any atom is 0.0834 e. The zero-order chi connectivity index (χ0) is 11.1. The highest BCUT2D eigenvalue weighted by Crippen LogP contribution is 2.42. The molecule has 82 valence electrons. The first-order valence-electron chi connectivity index (χ1n) is 5.02. The Bertz CT molecular complexity index is 527. The predicted molar refractivity (Wildman–Crippen MR) is 73.9 cm³/mol. The lowest BCUT2D eigenvalue weighted by Crippen LogP contribution is -2.03. The Morgan fingerprint density at radius 3 is 3.25 bits per heavy atom. The first kappa shape index (κ1) is 10.8. The Labute approximate surface area is 112 Å². The summed E-state index contributed by atoms with van der Waals surface area (Å²) < 4.78 is 2.12. The van der Waals surface area contributed by atoms with Gasteiger partial charge < -0.3 is 4.57 Å². The van der Waals surface area contributed by atoms with Crippen LogP contribution in [0.4, 0.5) is 0 Å². The van der Waals surface area contributed by atoms with Gasteiger partial charge in [0.05, 0.1) is 5.03 Å². The van der Waals surface area contributed by atoms with Gasteiger partial charge >= 0.3 is 0 Å². The van der Waals surface area contributed by atoms with Gasteiger partial charge in [0, 0.05) is 32.7 Å². The number of rotatable bonds is 0. The number of thioether (sulfide) groups is 1. The number of fused-ring (bicyclic) bond motifs is 1. The van der Waals surface area contributed by atoms with Gasteiger partial charge in [0.15, 0.2) is 0 Å². The molecule has 0 N–H and O–H groups in total. The van der Waals surface area contributed by atoms with E-state index < -0.39 is 0 Å². The molecule has 1 aromatic heterocycles. The first-order valence-corrected chi connectivity index (χ1v) is 7.13. The summed E-state index contributed by atoms with van der Waals surface area (Å²) in [5.41, 5.74) is 1.16. The van der Waals surface area contributed by atoms with Crippen LogP contribution in [0.15, 0.2) is 51.0 Å². The Balaban J connectivity index is 2.07. The maximum absolute atomic E-state index is 6.27. The molecule has 0 bridgehead atoms. The first-order chi connectivity index (χ1) is 7.74. The van der Waals surface area contributed by atoms with Crippen molar-refractivity contribution in [2.24, 2.45) is 0 Å². The standard InChI is InChI=1S/C12H9BrClNS/c13-8-6-10(14)9-3-5-15-4-1-2-12(15)16-11(9)7-8/h1-6,8H,7H2. The van der Waals surface area contributed by atoms with Gasteiger partial charge in [0.25, 0.3) is 0 Å². The molecule has 3 rings (SSSR count). The van der Waals surface area contributed by atoms with Crippen LogP contribution in [0.2, 0.25) is 0 Å². The van der Waals surface area contributed by atoms with Crippen molar-refractivity contribution in [1.82, 2.24) is 4.57 Å². The number of hydrogen-bond donors (Lipinski definition) is 0. The van der Waals surface area contributed by atoms with Crippen molar-refractivity contribution in [1.29, 1.82) is 0 Å². The van der Waals surface area contributed by atoms with Crippen molar-refractivity contribution in [3.63, 3.8) is 0 Å². The molecule has 0 spiro atoms. The fraction of sp³-hybridized carbons (Fsp3) is 0.167. The molecule has 4 heteroatoms. The number of aromatic nitrogens is 1. The summed E-state index contributed by atoms with van der Waals surface area (Å²) in [7, 11) is 0. The maximum atomic E-state index is 6.27. The highest BCUT2D eigenvalue weighted by atomic mass is 79.9. The normalized spacial score (nSPS) is 23.6. The van der Waals surface area contributed by atoms with Crippen molar-refractivity contribution in [2.45, 2.75) is 16.3 Å². The van der Waals surface area contributed by atoms with Gasteiger partial charge in [-0.3, -0.25) is 0 Å². The van der Waals surface area contributed by atoms with Crippen molar-refractivity contribution in [3.8, 4) is 0 Å². The van der Waals surface area contributed by atoms with Gasteiger partial charge in [-0.1, -0.05) is 45.4 Å². The third kappa shape index (κ3) is 1.81. The Morgan fingerprint density at radius 2 is 2.38 bits per heavy atom. The Kier molecular flexibility index (Phi) is 2.78. The largest absolute Gasteiger partial charge is 0.318 e. The molecule has 0 saturated carbocycles. The van der Waals surface area contributed by atoms with Crippen molar-refractivity contribution in [2.75, 3.05) is 0 Å². The summed E-state index contributed by atoms with van der Waals surface area (Å²) in [4.78, 5) is 1.68. The lowest BCUT2D eigenvalue weighted by Gasteiger charge is -2.17. The molecule has 0 radical (unpaired) electrons. The van der Waals surface area contributed by atoms with E-state index in [4.69, 9.17) is 11.6 Å². The molecule has 2 aliphatic rings. The summed E-state index contributed by atoms with van der Waals surface area (Å²) in [5, 5.41) is 2.09. The van der Waals surface area contributed by atoms with E-state index >= 15 is 0 Å². The molecule has 0 amide bonds. The van der Waals surface area contributed by atoms with Gasteiger partial charge in [-0.15, -0.1) is 0 Å². The molecule has 1 nitrogen and oxygen atoms in total. The van der Waals surface area contributed by atoms with E-state index in [9.17, 15) is 0 Å². The molecule has 0 saturated heterocycles. The molecule has 0 aromatic carbocycles. The topological polar surface area (TPSA) is 4.93 Å². The van der Waals surface area contributed by atoms with Crippen LogP contribution in [-0.4, -0.2) is 9.39 Å². The molecule has 1 unspecified atom stereocenters. The van der Waals surface area contributed by atoms with Crippen LogP contribution in [0.5, 0.6) is 0 Å². The van der Waals surface area contributed by atoms with E-state index in [1.54, 1.807) is 11.8 Å². The molecule has 0 fully saturated rings. The second-order valence-corrected chi connectivity index (χ2v) is 6.44. The smallest absolute Gasteiger partial charge is 0.0834 e. The van der Waals surface area contributed by atoms with Gasteiger partial charge in [-0.2, -0.15) is 0 Å². The van der Waals surface area contributed by atoms with E-state index in [2.05, 4.69) is 57.2 Å². The minimum Gasteiger partial charge on any atom is -0.318 e. The van der Waals surface area contributed by atoms with Crippen LogP contribution >= 0.6 is 39.3 Å². The van der Waals surface area contributed by atoms with Crippen molar-refractivity contribution in [3.05, 3.63) is 46.0 Å². The highest BCUT2D eigenvalue weighted by molar-refractivity contribution is 9.09. The fourth-order valence-electron chi connectivity index (χ4n) is 1.87. The average Bonchev–Trinajstić information content (AvgIpc) is 2.57. The Morgan fingerprint density at radius 1 is 1.50 bits per heavy atom. The molecule has 1 atom stereocenters. The third-order valence-corrected chi connectivity index (χ3v) is 4.74. The van der Waals surface area contributed by atoms with E-state index in [0.29, 0.717) is 4.83 Å². The highest BCUT2D eigenvalue weighted by Gasteiger charge is 2.21. The monoisotopic (exact) mass is 313 g/mol. The van der Waals surface area contributed by atoms with E-state index in [1.807, 2.05) is 0 Å². The zero-order valence-corrected chi connectivity index (χ0v) is 11.5. The second-order valence-electron chi connectivity index (χ2n) is 3.74. The summed E-state index contributed by atoms with van der Waals surface area (Å²) in [6.07, 6.45) is 9.28. The van der Waals surface area contributed by atoms with E-state index in [0.717, 1.165) is 17.0 Å². The zero-order valence-electron chi connectivity index (χ0n) is 8.36. The van der Waals surface area contributed by atoms with Crippen LogP contribution in [0.1, 0.15) is 6.42 Å². The minimum absolute atomic E-state index is 0.348. The molecule has 1 aliphatic carbocycles. The van der Waals surface area contributed by atoms with Crippen LogP contribution in [-0.2, 0) is 0 Å². The van der Waals surface area contributed by atoms with Crippen molar-refractivity contribution >= 4 is 45.5 Å². The van der Waals surface area contributed by atoms with Crippen LogP contribution < -0.4 is 0 Å². The SMILES string of the molecule is ClC1=CC(Br)CC2=C1C=Cn1cccc1S2. The number of allylic oxidation sites excluding steroid dienone is 5. The van der Waals surface area contributed by atoms with E-state index in [-0.39, 0.29) is 0 Å². The number of alkyl halides is 1. The summed E-state index contributed by atoms with van der Waals surface area (Å²) in [6, 6.07) is 4.19. The molecule has 2 heterocycles. The summed E-state index contributed by atoms with van der Waals surface area (Å²) in [6.45, 7) is 0. The molecule has 1 aliphatic heterocycles. The molecular formula is C12H9BrClNS. The lowest BCUT2D eigenvalue weighted by molar-refractivity contribution is 1.02. The molecular weight excluding hydrogens is 306 g/mol. The summed E-state index contributed by atoms with van der Waals surface area (Å²) in [5.74, 6) is 0. The molecule has 1 aromatic rings. The number of hydrogen-bond acceptors (Lipinski definition) is 1. The average molecular weight is 315 g/mol. The van der Waals surface area contributed by atoms with Gasteiger partial charge in [-0.05, 0) is 24.6 Å². The number of halogens is 2. The second kappa shape index (κ2) is 4.13. The molecule has 16 heavy (non-hydrogen) atoms. The van der Waals surface area contributed by atoms with Crippen LogP contribution in [0.25, 0.3) is 6.20 Å². The van der Waals surface area contributed by atoms with Gasteiger partial charge in [0.2, 0.25) is 0 Å². The van der Waals surface area contributed by atoms with Gasteiger partial charge in [0.1, 0.15) is 0 Å². The fourth-order valence-corrected chi connectivity index (χ4v) is 4.38. The van der Waals surface area contributed by atoms with Crippen LogP contribution in [0, 0.1) is 0 Å². The van der Waals surface area contributed by atoms with Crippen molar-refractivity contribution < 1.29 is 0 Å². The lowest BCUT2D eigenvalue weighted by atomic mass is 10.1.